The van der Waals surface area contributed by atoms with Crippen LogP contribution in [0.5, 0.6) is 5.75 Å². The van der Waals surface area contributed by atoms with E-state index in [0.29, 0.717) is 18.9 Å². The second-order valence-corrected chi connectivity index (χ2v) is 3.76. The van der Waals surface area contributed by atoms with Crippen LogP contribution in [0.15, 0.2) is 24.3 Å². The van der Waals surface area contributed by atoms with E-state index in [0.717, 1.165) is 5.69 Å². The lowest BCUT2D eigenvalue weighted by molar-refractivity contribution is -0.133. The average molecular weight is 236 g/mol. The van der Waals surface area contributed by atoms with Crippen molar-refractivity contribution in [3.63, 3.8) is 0 Å². The van der Waals surface area contributed by atoms with Gasteiger partial charge in [0.25, 0.3) is 5.91 Å². The number of hydrogen-bond acceptors (Lipinski definition) is 4. The van der Waals surface area contributed by atoms with Gasteiger partial charge in [0.05, 0.1) is 19.4 Å². The molecule has 2 rings (SSSR count). The average Bonchev–Trinajstić information content (AvgIpc) is 2.39. The fraction of sp³-hybridized carbons (Fsp3) is 0.417. The van der Waals surface area contributed by atoms with E-state index in [-0.39, 0.29) is 12.5 Å². The third kappa shape index (κ3) is 2.25. The van der Waals surface area contributed by atoms with Crippen LogP contribution < -0.4 is 15.4 Å². The second kappa shape index (κ2) is 5.16. The summed E-state index contributed by atoms with van der Waals surface area (Å²) in [7, 11) is 1.59. The zero-order chi connectivity index (χ0) is 12.3. The van der Waals surface area contributed by atoms with Crippen LogP contribution in [-0.4, -0.2) is 38.8 Å². The lowest BCUT2D eigenvalue weighted by Crippen LogP contribution is -2.50. The van der Waals surface area contributed by atoms with Crippen molar-refractivity contribution in [2.75, 3.05) is 31.7 Å². The van der Waals surface area contributed by atoms with E-state index in [2.05, 4.69) is 0 Å². The van der Waals surface area contributed by atoms with Gasteiger partial charge < -0.3 is 20.1 Å². The molecule has 1 aliphatic heterocycles. The van der Waals surface area contributed by atoms with Gasteiger partial charge in [0.15, 0.2) is 0 Å². The quantitative estimate of drug-likeness (QED) is 0.824. The number of methoxy groups -OCH3 is 1. The van der Waals surface area contributed by atoms with E-state index in [1.54, 1.807) is 12.0 Å². The van der Waals surface area contributed by atoms with Gasteiger partial charge in [-0.1, -0.05) is 12.1 Å². The lowest BCUT2D eigenvalue weighted by Gasteiger charge is -2.32. The molecule has 5 nitrogen and oxygen atoms in total. The first kappa shape index (κ1) is 11.9. The van der Waals surface area contributed by atoms with Gasteiger partial charge in [-0.15, -0.1) is 0 Å². The van der Waals surface area contributed by atoms with Crippen molar-refractivity contribution in [2.24, 2.45) is 5.73 Å². The highest BCUT2D eigenvalue weighted by atomic mass is 16.5. The number of hydrogen-bond donors (Lipinski definition) is 1. The Kier molecular flexibility index (Phi) is 3.61. The third-order valence-electron chi connectivity index (χ3n) is 2.77. The minimum atomic E-state index is -0.548. The zero-order valence-corrected chi connectivity index (χ0v) is 9.76. The minimum absolute atomic E-state index is 0.108. The molecule has 1 saturated heterocycles. The molecule has 1 heterocycles. The SMILES string of the molecule is COc1ccccc1N1CCOC(CN)C1=O. The minimum Gasteiger partial charge on any atom is -0.495 e. The number of rotatable bonds is 3. The number of nitrogens with two attached hydrogens (primary N) is 1. The van der Waals surface area contributed by atoms with Crippen molar-refractivity contribution < 1.29 is 14.3 Å². The molecule has 0 aliphatic carbocycles. The van der Waals surface area contributed by atoms with Crippen LogP contribution in [0.3, 0.4) is 0 Å². The highest BCUT2D eigenvalue weighted by Crippen LogP contribution is 2.29. The molecule has 17 heavy (non-hydrogen) atoms. The van der Waals surface area contributed by atoms with Gasteiger partial charge >= 0.3 is 0 Å². The van der Waals surface area contributed by atoms with Crippen molar-refractivity contribution in [3.8, 4) is 5.75 Å². The Morgan fingerprint density at radius 3 is 3.00 bits per heavy atom. The molecule has 1 aromatic rings. The maximum Gasteiger partial charge on any atom is 0.257 e. The summed E-state index contributed by atoms with van der Waals surface area (Å²) in [5, 5.41) is 0. The molecule has 5 heteroatoms. The van der Waals surface area contributed by atoms with Crippen LogP contribution in [-0.2, 0) is 9.53 Å². The molecule has 92 valence electrons. The van der Waals surface area contributed by atoms with Crippen molar-refractivity contribution in [1.29, 1.82) is 0 Å². The molecule has 0 bridgehead atoms. The Labute approximate surface area is 100 Å². The summed E-state index contributed by atoms with van der Waals surface area (Å²) < 4.78 is 10.6. The predicted octanol–water partition coefficient (Wildman–Crippen LogP) is 0.386. The maximum atomic E-state index is 12.1. The van der Waals surface area contributed by atoms with Gasteiger partial charge in [-0.2, -0.15) is 0 Å². The summed E-state index contributed by atoms with van der Waals surface area (Å²) in [6, 6.07) is 7.43. The molecule has 1 fully saturated rings. The number of anilines is 1. The summed E-state index contributed by atoms with van der Waals surface area (Å²) in [4.78, 5) is 13.8. The van der Waals surface area contributed by atoms with Crippen molar-refractivity contribution >= 4 is 11.6 Å². The summed E-state index contributed by atoms with van der Waals surface area (Å²) in [5.41, 5.74) is 6.27. The molecule has 1 amide bonds. The molecule has 2 N–H and O–H groups in total. The largest absolute Gasteiger partial charge is 0.495 e. The number of carbonyl (C=O) groups excluding carboxylic acids is 1. The number of amides is 1. The van der Waals surface area contributed by atoms with Gasteiger partial charge in [0.1, 0.15) is 11.9 Å². The fourth-order valence-corrected chi connectivity index (χ4v) is 1.90. The number of para-hydroxylation sites is 2. The maximum absolute atomic E-state index is 12.1. The Hall–Kier alpha value is -1.59. The summed E-state index contributed by atoms with van der Waals surface area (Å²) in [5.74, 6) is 0.571. The molecule has 1 aromatic carbocycles. The Bertz CT molecular complexity index is 408. The molecule has 1 unspecified atom stereocenters. The van der Waals surface area contributed by atoms with E-state index in [4.69, 9.17) is 15.2 Å². The van der Waals surface area contributed by atoms with Crippen LogP contribution in [0.4, 0.5) is 5.69 Å². The third-order valence-corrected chi connectivity index (χ3v) is 2.77. The molecule has 0 aromatic heterocycles. The van der Waals surface area contributed by atoms with E-state index < -0.39 is 6.10 Å². The Balaban J connectivity index is 2.29. The van der Waals surface area contributed by atoms with E-state index in [1.165, 1.54) is 0 Å². The molecule has 1 atom stereocenters. The van der Waals surface area contributed by atoms with Crippen LogP contribution in [0.25, 0.3) is 0 Å². The smallest absolute Gasteiger partial charge is 0.257 e. The van der Waals surface area contributed by atoms with Gasteiger partial charge in [0, 0.05) is 13.1 Å². The molecule has 1 aliphatic rings. The first-order chi connectivity index (χ1) is 8.27. The van der Waals surface area contributed by atoms with Gasteiger partial charge in [-0.3, -0.25) is 4.79 Å². The van der Waals surface area contributed by atoms with Crippen molar-refractivity contribution in [3.05, 3.63) is 24.3 Å². The van der Waals surface area contributed by atoms with E-state index in [9.17, 15) is 4.79 Å². The van der Waals surface area contributed by atoms with Gasteiger partial charge in [-0.25, -0.2) is 0 Å². The first-order valence-electron chi connectivity index (χ1n) is 5.54. The standard InChI is InChI=1S/C12H16N2O3/c1-16-10-5-3-2-4-9(10)14-6-7-17-11(8-13)12(14)15/h2-5,11H,6-8,13H2,1H3. The fourth-order valence-electron chi connectivity index (χ4n) is 1.90. The molecular weight excluding hydrogens is 220 g/mol. The molecule has 0 saturated carbocycles. The normalized spacial score (nSPS) is 20.5. The number of carbonyl (C=O) groups is 1. The molecular formula is C12H16N2O3. The van der Waals surface area contributed by atoms with Crippen LogP contribution in [0.2, 0.25) is 0 Å². The summed E-state index contributed by atoms with van der Waals surface area (Å²) in [6.45, 7) is 1.21. The van der Waals surface area contributed by atoms with E-state index in [1.807, 2.05) is 24.3 Å². The first-order valence-corrected chi connectivity index (χ1v) is 5.54. The summed E-state index contributed by atoms with van der Waals surface area (Å²) >= 11 is 0. The van der Waals surface area contributed by atoms with Crippen LogP contribution in [0.1, 0.15) is 0 Å². The number of nitrogens with zero attached hydrogens (tertiary/aromatic N) is 1. The number of benzene rings is 1. The highest BCUT2D eigenvalue weighted by Gasteiger charge is 2.30. The van der Waals surface area contributed by atoms with Crippen molar-refractivity contribution in [1.82, 2.24) is 0 Å². The monoisotopic (exact) mass is 236 g/mol. The van der Waals surface area contributed by atoms with Crippen LogP contribution in [0, 0.1) is 0 Å². The van der Waals surface area contributed by atoms with Crippen molar-refractivity contribution in [2.45, 2.75) is 6.10 Å². The van der Waals surface area contributed by atoms with E-state index >= 15 is 0 Å². The highest BCUT2D eigenvalue weighted by molar-refractivity contribution is 5.98. The zero-order valence-electron chi connectivity index (χ0n) is 9.76. The lowest BCUT2D eigenvalue weighted by atomic mass is 10.2. The Morgan fingerprint density at radius 2 is 2.29 bits per heavy atom. The Morgan fingerprint density at radius 1 is 1.53 bits per heavy atom. The molecule has 0 spiro atoms. The second-order valence-electron chi connectivity index (χ2n) is 3.76. The van der Waals surface area contributed by atoms with Gasteiger partial charge in [0.2, 0.25) is 0 Å². The van der Waals surface area contributed by atoms with Gasteiger partial charge in [-0.05, 0) is 12.1 Å². The van der Waals surface area contributed by atoms with Crippen LogP contribution >= 0.6 is 0 Å². The summed E-state index contributed by atoms with van der Waals surface area (Å²) in [6.07, 6.45) is -0.548. The topological polar surface area (TPSA) is 64.8 Å². The number of ether oxygens (including phenoxy) is 2. The molecule has 0 radical (unpaired) electrons. The predicted molar refractivity (Wildman–Crippen MR) is 64.1 cm³/mol. The number of morpholine rings is 1.